The molecule has 2 aromatic rings. The molecule has 1 aliphatic carbocycles. The molecule has 0 bridgehead atoms. The molecule has 3 heterocycles. The second kappa shape index (κ2) is 6.29. The highest BCUT2D eigenvalue weighted by Crippen LogP contribution is 2.40. The summed E-state index contributed by atoms with van der Waals surface area (Å²) in [6.45, 7) is 2.37. The highest BCUT2D eigenvalue weighted by Gasteiger charge is 2.42. The van der Waals surface area contributed by atoms with Crippen molar-refractivity contribution in [1.29, 1.82) is 0 Å². The molecule has 6 nitrogen and oxygen atoms in total. The molecule has 0 N–H and O–H groups in total. The van der Waals surface area contributed by atoms with Gasteiger partial charge in [0, 0.05) is 25.0 Å². The van der Waals surface area contributed by atoms with E-state index in [4.69, 9.17) is 9.26 Å². The van der Waals surface area contributed by atoms with Crippen molar-refractivity contribution in [2.75, 3.05) is 13.7 Å². The molecule has 1 aliphatic heterocycles. The third-order valence-electron chi connectivity index (χ3n) is 5.06. The van der Waals surface area contributed by atoms with Crippen LogP contribution < -0.4 is 0 Å². The highest BCUT2D eigenvalue weighted by atomic mass is 32.1. The summed E-state index contributed by atoms with van der Waals surface area (Å²) in [5, 5.41) is 5.98. The van der Waals surface area contributed by atoms with Gasteiger partial charge in [-0.2, -0.15) is 4.98 Å². The quantitative estimate of drug-likeness (QED) is 0.854. The van der Waals surface area contributed by atoms with Crippen LogP contribution in [0.3, 0.4) is 0 Å². The predicted octanol–water partition coefficient (Wildman–Crippen LogP) is 2.85. The van der Waals surface area contributed by atoms with E-state index in [2.05, 4.69) is 21.6 Å². The van der Waals surface area contributed by atoms with Gasteiger partial charge in [-0.3, -0.25) is 4.79 Å². The molecule has 24 heavy (non-hydrogen) atoms. The van der Waals surface area contributed by atoms with Crippen molar-refractivity contribution in [2.24, 2.45) is 0 Å². The maximum atomic E-state index is 13.3. The SMILES string of the molecule is CO[C@H]1C[C@H](c2nc(C)no2)N(C(=O)[C@@H]2CCCc3sccc32)C1. The molecule has 2 aliphatic rings. The van der Waals surface area contributed by atoms with Crippen molar-refractivity contribution in [1.82, 2.24) is 15.0 Å². The predicted molar refractivity (Wildman–Crippen MR) is 88.9 cm³/mol. The van der Waals surface area contributed by atoms with Crippen LogP contribution in [-0.4, -0.2) is 40.7 Å². The molecule has 1 amide bonds. The zero-order valence-electron chi connectivity index (χ0n) is 13.9. The molecule has 0 radical (unpaired) electrons. The number of likely N-dealkylation sites (tertiary alicyclic amines) is 1. The fourth-order valence-electron chi connectivity index (χ4n) is 3.84. The van der Waals surface area contributed by atoms with E-state index in [1.165, 1.54) is 10.4 Å². The minimum absolute atomic E-state index is 0.0108. The van der Waals surface area contributed by atoms with Gasteiger partial charge < -0.3 is 14.2 Å². The van der Waals surface area contributed by atoms with Crippen LogP contribution in [0.2, 0.25) is 0 Å². The number of amides is 1. The molecule has 4 rings (SSSR count). The van der Waals surface area contributed by atoms with E-state index in [1.807, 2.05) is 4.90 Å². The number of thiophene rings is 1. The monoisotopic (exact) mass is 347 g/mol. The molecule has 1 saturated heterocycles. The molecule has 0 spiro atoms. The lowest BCUT2D eigenvalue weighted by Crippen LogP contribution is -2.37. The molecule has 0 aromatic carbocycles. The number of rotatable bonds is 3. The van der Waals surface area contributed by atoms with Gasteiger partial charge in [-0.15, -0.1) is 11.3 Å². The van der Waals surface area contributed by atoms with Crippen LogP contribution in [0.25, 0.3) is 0 Å². The molecule has 1 fully saturated rings. The summed E-state index contributed by atoms with van der Waals surface area (Å²) >= 11 is 1.76. The summed E-state index contributed by atoms with van der Waals surface area (Å²) in [6, 6.07) is 1.92. The first kappa shape index (κ1) is 15.8. The molecule has 7 heteroatoms. The fourth-order valence-corrected chi connectivity index (χ4v) is 4.82. The topological polar surface area (TPSA) is 68.5 Å². The third-order valence-corrected chi connectivity index (χ3v) is 6.05. The Morgan fingerprint density at radius 1 is 1.50 bits per heavy atom. The van der Waals surface area contributed by atoms with E-state index in [9.17, 15) is 4.79 Å². The van der Waals surface area contributed by atoms with Crippen molar-refractivity contribution in [3.8, 4) is 0 Å². The van der Waals surface area contributed by atoms with E-state index >= 15 is 0 Å². The largest absolute Gasteiger partial charge is 0.380 e. The summed E-state index contributed by atoms with van der Waals surface area (Å²) in [6.07, 6.45) is 3.77. The van der Waals surface area contributed by atoms with Crippen molar-refractivity contribution >= 4 is 17.2 Å². The minimum Gasteiger partial charge on any atom is -0.380 e. The maximum Gasteiger partial charge on any atom is 0.249 e. The Bertz CT molecular complexity index is 741. The summed E-state index contributed by atoms with van der Waals surface area (Å²) in [4.78, 5) is 20.9. The van der Waals surface area contributed by atoms with Crippen LogP contribution in [0.5, 0.6) is 0 Å². The van der Waals surface area contributed by atoms with Crippen molar-refractivity contribution in [2.45, 2.75) is 50.7 Å². The Morgan fingerprint density at radius 3 is 3.12 bits per heavy atom. The molecule has 0 saturated carbocycles. The Hall–Kier alpha value is -1.73. The van der Waals surface area contributed by atoms with Gasteiger partial charge in [0.1, 0.15) is 6.04 Å². The average Bonchev–Trinajstić information content (AvgIpc) is 3.31. The van der Waals surface area contributed by atoms with E-state index in [-0.39, 0.29) is 24.0 Å². The second-order valence-corrected chi connectivity index (χ2v) is 7.52. The number of carbonyl (C=O) groups excluding carboxylic acids is 1. The van der Waals surface area contributed by atoms with Gasteiger partial charge in [-0.25, -0.2) is 0 Å². The summed E-state index contributed by atoms with van der Waals surface area (Å²) in [7, 11) is 1.69. The lowest BCUT2D eigenvalue weighted by molar-refractivity contribution is -0.135. The van der Waals surface area contributed by atoms with Crippen molar-refractivity contribution < 1.29 is 14.1 Å². The lowest BCUT2D eigenvalue weighted by atomic mass is 9.86. The van der Waals surface area contributed by atoms with Gasteiger partial charge in [0.05, 0.1) is 12.0 Å². The Balaban J connectivity index is 1.63. The van der Waals surface area contributed by atoms with E-state index in [0.717, 1.165) is 19.3 Å². The van der Waals surface area contributed by atoms with Crippen LogP contribution >= 0.6 is 11.3 Å². The Kier molecular flexibility index (Phi) is 4.14. The molecular formula is C17H21N3O3S. The van der Waals surface area contributed by atoms with Gasteiger partial charge in [-0.05, 0) is 43.2 Å². The number of nitrogens with zero attached hydrogens (tertiary/aromatic N) is 3. The highest BCUT2D eigenvalue weighted by molar-refractivity contribution is 7.10. The van der Waals surface area contributed by atoms with Crippen molar-refractivity contribution in [3.63, 3.8) is 0 Å². The molecule has 2 aromatic heterocycles. The number of fused-ring (bicyclic) bond motifs is 1. The number of hydrogen-bond donors (Lipinski definition) is 0. The molecule has 128 valence electrons. The first-order chi connectivity index (χ1) is 11.7. The zero-order valence-corrected chi connectivity index (χ0v) is 14.7. The number of carbonyl (C=O) groups is 1. The average molecular weight is 347 g/mol. The number of aromatic nitrogens is 2. The van der Waals surface area contributed by atoms with Gasteiger partial charge >= 0.3 is 0 Å². The minimum atomic E-state index is -0.187. The second-order valence-electron chi connectivity index (χ2n) is 6.52. The van der Waals surface area contributed by atoms with Crippen LogP contribution in [0.1, 0.15) is 53.4 Å². The summed E-state index contributed by atoms with van der Waals surface area (Å²) in [5.41, 5.74) is 1.21. The van der Waals surface area contributed by atoms with E-state index in [1.54, 1.807) is 25.4 Å². The van der Waals surface area contributed by atoms with Crippen LogP contribution in [0.4, 0.5) is 0 Å². The maximum absolute atomic E-state index is 13.3. The lowest BCUT2D eigenvalue weighted by Gasteiger charge is -2.29. The Morgan fingerprint density at radius 2 is 2.38 bits per heavy atom. The summed E-state index contributed by atoms with van der Waals surface area (Å²) in [5.74, 6) is 1.22. The number of ether oxygens (including phenoxy) is 1. The number of hydrogen-bond acceptors (Lipinski definition) is 6. The van der Waals surface area contributed by atoms with E-state index in [0.29, 0.717) is 24.7 Å². The smallest absolute Gasteiger partial charge is 0.249 e. The third kappa shape index (κ3) is 2.65. The number of aryl methyl sites for hydroxylation is 2. The van der Waals surface area contributed by atoms with Gasteiger partial charge in [0.2, 0.25) is 11.8 Å². The van der Waals surface area contributed by atoms with Crippen LogP contribution in [0, 0.1) is 6.92 Å². The van der Waals surface area contributed by atoms with Crippen LogP contribution in [0.15, 0.2) is 16.0 Å². The molecule has 0 unspecified atom stereocenters. The zero-order chi connectivity index (χ0) is 16.7. The Labute approximate surface area is 144 Å². The van der Waals surface area contributed by atoms with Gasteiger partial charge in [-0.1, -0.05) is 5.16 Å². The molecule has 3 atom stereocenters. The molecular weight excluding hydrogens is 326 g/mol. The van der Waals surface area contributed by atoms with Gasteiger partial charge in [0.25, 0.3) is 0 Å². The first-order valence-electron chi connectivity index (χ1n) is 8.37. The first-order valence-corrected chi connectivity index (χ1v) is 9.25. The standard InChI is InChI=1S/C17H21N3O3S/c1-10-18-16(23-19-10)14-8-11(22-2)9-20(14)17(21)13-4-3-5-15-12(13)6-7-24-15/h6-7,11,13-14H,3-5,8-9H2,1-2H3/t11-,13+,14+/m0/s1. The van der Waals surface area contributed by atoms with E-state index < -0.39 is 0 Å². The summed E-state index contributed by atoms with van der Waals surface area (Å²) < 4.78 is 10.9. The normalized spacial score (nSPS) is 26.6. The van der Waals surface area contributed by atoms with Crippen molar-refractivity contribution in [3.05, 3.63) is 33.6 Å². The van der Waals surface area contributed by atoms with Crippen LogP contribution in [-0.2, 0) is 16.0 Å². The fraction of sp³-hybridized carbons (Fsp3) is 0.588. The van der Waals surface area contributed by atoms with Gasteiger partial charge in [0.15, 0.2) is 5.82 Å². The number of methoxy groups -OCH3 is 1.